The monoisotopic (exact) mass is 383 g/mol. The highest BCUT2D eigenvalue weighted by Crippen LogP contribution is 2.30. The number of carbonyl (C=O) groups is 1. The molecule has 3 aromatic carbocycles. The van der Waals surface area contributed by atoms with Gasteiger partial charge in [0.25, 0.3) is 5.56 Å². The Morgan fingerprint density at radius 3 is 2.52 bits per heavy atom. The van der Waals surface area contributed by atoms with Crippen LogP contribution in [-0.2, 0) is 0 Å². The van der Waals surface area contributed by atoms with Gasteiger partial charge in [-0.05, 0) is 48.4 Å². The van der Waals surface area contributed by atoms with Crippen LogP contribution in [0, 0.1) is 12.7 Å². The number of benzene rings is 3. The van der Waals surface area contributed by atoms with Gasteiger partial charge in [0.15, 0.2) is 5.78 Å². The van der Waals surface area contributed by atoms with Crippen molar-refractivity contribution in [1.29, 1.82) is 0 Å². The van der Waals surface area contributed by atoms with Crippen molar-refractivity contribution >= 4 is 22.8 Å². The second kappa shape index (κ2) is 7.68. The molecule has 0 saturated heterocycles. The van der Waals surface area contributed by atoms with Crippen LogP contribution in [-0.4, -0.2) is 10.8 Å². The van der Waals surface area contributed by atoms with E-state index in [4.69, 9.17) is 0 Å². The van der Waals surface area contributed by atoms with Crippen molar-refractivity contribution < 1.29 is 9.18 Å². The van der Waals surface area contributed by atoms with Crippen LogP contribution < -0.4 is 5.56 Å². The Morgan fingerprint density at radius 1 is 0.966 bits per heavy atom. The Morgan fingerprint density at radius 2 is 1.76 bits per heavy atom. The lowest BCUT2D eigenvalue weighted by Crippen LogP contribution is -2.18. The Labute approximate surface area is 167 Å². The molecule has 4 aromatic rings. The van der Waals surface area contributed by atoms with Crippen molar-refractivity contribution in [2.45, 2.75) is 6.92 Å². The third-order valence-corrected chi connectivity index (χ3v) is 4.75. The number of allylic oxidation sites excluding steroid dienone is 1. The van der Waals surface area contributed by atoms with Crippen LogP contribution in [0.4, 0.5) is 4.39 Å². The standard InChI is InChI=1S/C25H18FNO2/c1-16-10-12-21-20(14-16)23(18-7-3-2-4-8-18)24(25(29)27-21)22(28)13-11-17-6-5-9-19(26)15-17/h2-15H,1H3,(H,27,29). The number of pyridine rings is 1. The first-order chi connectivity index (χ1) is 14.0. The zero-order valence-electron chi connectivity index (χ0n) is 15.8. The quantitative estimate of drug-likeness (QED) is 0.372. The SMILES string of the molecule is Cc1ccc2[nH]c(=O)c(C(=O)C=Cc3cccc(F)c3)c(-c3ccccc3)c2c1. The van der Waals surface area contributed by atoms with Crippen molar-refractivity contribution in [3.63, 3.8) is 0 Å². The number of hydrogen-bond acceptors (Lipinski definition) is 2. The van der Waals surface area contributed by atoms with Crippen LogP contribution in [0.25, 0.3) is 28.1 Å². The van der Waals surface area contributed by atoms with E-state index in [1.165, 1.54) is 24.3 Å². The number of hydrogen-bond donors (Lipinski definition) is 1. The fourth-order valence-electron chi connectivity index (χ4n) is 3.41. The summed E-state index contributed by atoms with van der Waals surface area (Å²) in [6.45, 7) is 1.96. The second-order valence-corrected chi connectivity index (χ2v) is 6.87. The number of H-pyrrole nitrogens is 1. The molecule has 0 spiro atoms. The molecular formula is C25H18FNO2. The summed E-state index contributed by atoms with van der Waals surface area (Å²) >= 11 is 0. The zero-order valence-corrected chi connectivity index (χ0v) is 15.8. The average molecular weight is 383 g/mol. The number of aromatic amines is 1. The van der Waals surface area contributed by atoms with Gasteiger partial charge >= 0.3 is 0 Å². The van der Waals surface area contributed by atoms with Crippen LogP contribution in [0.2, 0.25) is 0 Å². The number of carbonyl (C=O) groups excluding carboxylic acids is 1. The second-order valence-electron chi connectivity index (χ2n) is 6.87. The zero-order chi connectivity index (χ0) is 20.4. The number of fused-ring (bicyclic) bond motifs is 1. The Kier molecular flexibility index (Phi) is 4.92. The molecule has 0 atom stereocenters. The van der Waals surface area contributed by atoms with Crippen LogP contribution in [0.15, 0.2) is 83.7 Å². The maximum absolute atomic E-state index is 13.4. The van der Waals surface area contributed by atoms with Gasteiger partial charge in [0.05, 0.1) is 5.56 Å². The fraction of sp³-hybridized carbons (Fsp3) is 0.0400. The lowest BCUT2D eigenvalue weighted by Gasteiger charge is -2.12. The Hall–Kier alpha value is -3.79. The molecule has 4 rings (SSSR count). The van der Waals surface area contributed by atoms with Crippen LogP contribution in [0.3, 0.4) is 0 Å². The van der Waals surface area contributed by atoms with Crippen molar-refractivity contribution in [3.8, 4) is 11.1 Å². The molecule has 1 heterocycles. The smallest absolute Gasteiger partial charge is 0.260 e. The number of rotatable bonds is 4. The summed E-state index contributed by atoms with van der Waals surface area (Å²) in [5.74, 6) is -0.818. The first-order valence-electron chi connectivity index (χ1n) is 9.23. The molecule has 0 aliphatic carbocycles. The highest BCUT2D eigenvalue weighted by molar-refractivity contribution is 6.15. The number of ketones is 1. The molecule has 0 fully saturated rings. The predicted octanol–water partition coefficient (Wildman–Crippen LogP) is 5.54. The third kappa shape index (κ3) is 3.78. The molecular weight excluding hydrogens is 365 g/mol. The minimum atomic E-state index is -0.450. The normalized spacial score (nSPS) is 11.2. The van der Waals surface area contributed by atoms with Gasteiger partial charge in [0, 0.05) is 16.5 Å². The van der Waals surface area contributed by atoms with E-state index in [0.29, 0.717) is 16.6 Å². The Balaban J connectivity index is 1.92. The van der Waals surface area contributed by atoms with Gasteiger partial charge in [-0.1, -0.05) is 60.2 Å². The molecule has 0 aliphatic rings. The van der Waals surface area contributed by atoms with Crippen LogP contribution in [0.5, 0.6) is 0 Å². The van der Waals surface area contributed by atoms with Crippen molar-refractivity contribution in [2.24, 2.45) is 0 Å². The molecule has 0 unspecified atom stereocenters. The minimum absolute atomic E-state index is 0.0713. The van der Waals surface area contributed by atoms with E-state index in [0.717, 1.165) is 16.5 Å². The van der Waals surface area contributed by atoms with E-state index < -0.39 is 11.3 Å². The molecule has 0 bridgehead atoms. The summed E-state index contributed by atoms with van der Waals surface area (Å²) < 4.78 is 13.4. The number of aryl methyl sites for hydroxylation is 1. The summed E-state index contributed by atoms with van der Waals surface area (Å²) in [6, 6.07) is 21.0. The fourth-order valence-corrected chi connectivity index (χ4v) is 3.41. The molecule has 0 saturated carbocycles. The van der Waals surface area contributed by atoms with Gasteiger partial charge in [0.1, 0.15) is 5.82 Å². The molecule has 4 heteroatoms. The maximum atomic E-state index is 13.4. The van der Waals surface area contributed by atoms with Crippen molar-refractivity contribution in [3.05, 3.63) is 112 Å². The van der Waals surface area contributed by atoms with Gasteiger partial charge in [0.2, 0.25) is 0 Å². The number of aromatic nitrogens is 1. The number of halogens is 1. The summed E-state index contributed by atoms with van der Waals surface area (Å²) in [5.41, 5.74) is 3.25. The van der Waals surface area contributed by atoms with Crippen molar-refractivity contribution in [1.82, 2.24) is 4.98 Å². The lowest BCUT2D eigenvalue weighted by atomic mass is 9.93. The summed E-state index contributed by atoms with van der Waals surface area (Å²) in [7, 11) is 0. The molecule has 0 aliphatic heterocycles. The maximum Gasteiger partial charge on any atom is 0.260 e. The molecule has 3 nitrogen and oxygen atoms in total. The molecule has 0 amide bonds. The highest BCUT2D eigenvalue weighted by atomic mass is 19.1. The lowest BCUT2D eigenvalue weighted by molar-refractivity contribution is 0.104. The van der Waals surface area contributed by atoms with Gasteiger partial charge in [-0.2, -0.15) is 0 Å². The first-order valence-corrected chi connectivity index (χ1v) is 9.23. The molecule has 1 N–H and O–H groups in total. The molecule has 0 radical (unpaired) electrons. The highest BCUT2D eigenvalue weighted by Gasteiger charge is 2.19. The van der Waals surface area contributed by atoms with Gasteiger partial charge in [-0.15, -0.1) is 0 Å². The van der Waals surface area contributed by atoms with E-state index in [1.54, 1.807) is 12.1 Å². The largest absolute Gasteiger partial charge is 0.321 e. The van der Waals surface area contributed by atoms with E-state index in [1.807, 2.05) is 55.5 Å². The molecule has 1 aromatic heterocycles. The summed E-state index contributed by atoms with van der Waals surface area (Å²) in [6.07, 6.45) is 2.83. The number of nitrogens with one attached hydrogen (secondary N) is 1. The van der Waals surface area contributed by atoms with Crippen molar-refractivity contribution in [2.75, 3.05) is 0 Å². The van der Waals surface area contributed by atoms with Gasteiger partial charge in [-0.25, -0.2) is 4.39 Å². The van der Waals surface area contributed by atoms with Crippen LogP contribution in [0.1, 0.15) is 21.5 Å². The minimum Gasteiger partial charge on any atom is -0.321 e. The van der Waals surface area contributed by atoms with E-state index in [-0.39, 0.29) is 11.4 Å². The topological polar surface area (TPSA) is 49.9 Å². The average Bonchev–Trinajstić information content (AvgIpc) is 2.72. The third-order valence-electron chi connectivity index (χ3n) is 4.75. The van der Waals surface area contributed by atoms with E-state index in [9.17, 15) is 14.0 Å². The molecule has 29 heavy (non-hydrogen) atoms. The van der Waals surface area contributed by atoms with E-state index >= 15 is 0 Å². The summed E-state index contributed by atoms with van der Waals surface area (Å²) in [4.78, 5) is 28.7. The van der Waals surface area contributed by atoms with Gasteiger partial charge in [-0.3, -0.25) is 9.59 Å². The summed E-state index contributed by atoms with van der Waals surface area (Å²) in [5, 5.41) is 0.804. The van der Waals surface area contributed by atoms with E-state index in [2.05, 4.69) is 4.98 Å². The molecule has 142 valence electrons. The predicted molar refractivity (Wildman–Crippen MR) is 115 cm³/mol. The Bertz CT molecular complexity index is 1300. The van der Waals surface area contributed by atoms with Crippen LogP contribution >= 0.6 is 0 Å². The first kappa shape index (κ1) is 18.6. The van der Waals surface area contributed by atoms with Gasteiger partial charge < -0.3 is 4.98 Å².